The zero-order valence-electron chi connectivity index (χ0n) is 8.40. The average molecular weight is 175 g/mol. The molecule has 0 spiro atoms. The van der Waals surface area contributed by atoms with E-state index in [4.69, 9.17) is 0 Å². The zero-order valence-corrected chi connectivity index (χ0v) is 8.40. The van der Waals surface area contributed by atoms with Gasteiger partial charge in [0, 0.05) is 17.8 Å². The largest absolute Gasteiger partial charge is 0.267 e. The molecular formula is C12H17N. The average Bonchev–Trinajstić information content (AvgIpc) is 2.33. The molecule has 0 aromatic rings. The van der Waals surface area contributed by atoms with Crippen molar-refractivity contribution in [2.45, 2.75) is 26.7 Å². The molecule has 0 aliphatic heterocycles. The van der Waals surface area contributed by atoms with Crippen molar-refractivity contribution >= 4 is 6.21 Å². The van der Waals surface area contributed by atoms with E-state index in [2.05, 4.69) is 35.4 Å². The van der Waals surface area contributed by atoms with Crippen LogP contribution >= 0.6 is 0 Å². The first-order valence-electron chi connectivity index (χ1n) is 4.81. The Hall–Kier alpha value is -1.11. The van der Waals surface area contributed by atoms with Gasteiger partial charge in [-0.3, -0.25) is 4.99 Å². The third kappa shape index (κ3) is 3.88. The second kappa shape index (κ2) is 5.52. The summed E-state index contributed by atoms with van der Waals surface area (Å²) in [5.41, 5.74) is 1.10. The van der Waals surface area contributed by atoms with E-state index in [1.807, 2.05) is 20.1 Å². The molecule has 70 valence electrons. The second-order valence-electron chi connectivity index (χ2n) is 3.23. The number of rotatable bonds is 2. The maximum atomic E-state index is 4.23. The highest BCUT2D eigenvalue weighted by Gasteiger charge is 2.00. The van der Waals surface area contributed by atoms with Crippen molar-refractivity contribution < 1.29 is 0 Å². The lowest BCUT2D eigenvalue weighted by Crippen LogP contribution is -1.89. The van der Waals surface area contributed by atoms with Gasteiger partial charge in [0.15, 0.2) is 0 Å². The molecule has 1 heteroatoms. The Balaban J connectivity index is 2.61. The Morgan fingerprint density at radius 1 is 1.38 bits per heavy atom. The molecule has 0 fully saturated rings. The summed E-state index contributed by atoms with van der Waals surface area (Å²) in [5.74, 6) is 0.530. The lowest BCUT2D eigenvalue weighted by atomic mass is 10.0. The lowest BCUT2D eigenvalue weighted by Gasteiger charge is -2.03. The number of hydrogen-bond acceptors (Lipinski definition) is 1. The standard InChI is InChI=1S/C12H17N/c1-3-13-11(2)10-12-8-6-4-5-7-9-12/h3-4,6-7,9-10,12H,5,8H2,1-2H3/b11-10-,13-3?. The fourth-order valence-corrected chi connectivity index (χ4v) is 1.44. The Morgan fingerprint density at radius 3 is 3.00 bits per heavy atom. The molecule has 1 aliphatic rings. The highest BCUT2D eigenvalue weighted by molar-refractivity contribution is 5.55. The van der Waals surface area contributed by atoms with E-state index in [-0.39, 0.29) is 0 Å². The van der Waals surface area contributed by atoms with Crippen molar-refractivity contribution in [2.75, 3.05) is 0 Å². The molecule has 1 atom stereocenters. The highest BCUT2D eigenvalue weighted by Crippen LogP contribution is 2.15. The van der Waals surface area contributed by atoms with Gasteiger partial charge >= 0.3 is 0 Å². The van der Waals surface area contributed by atoms with Crippen molar-refractivity contribution in [1.82, 2.24) is 0 Å². The molecule has 1 unspecified atom stereocenters. The molecular weight excluding hydrogens is 158 g/mol. The number of hydrogen-bond donors (Lipinski definition) is 0. The molecule has 0 saturated heterocycles. The summed E-state index contributed by atoms with van der Waals surface area (Å²) in [7, 11) is 0. The van der Waals surface area contributed by atoms with Crippen LogP contribution in [-0.4, -0.2) is 6.21 Å². The molecule has 0 heterocycles. The first-order chi connectivity index (χ1) is 6.33. The summed E-state index contributed by atoms with van der Waals surface area (Å²) >= 11 is 0. The third-order valence-electron chi connectivity index (χ3n) is 2.02. The Labute approximate surface area is 80.6 Å². The van der Waals surface area contributed by atoms with Crippen LogP contribution < -0.4 is 0 Å². The molecule has 1 rings (SSSR count). The quantitative estimate of drug-likeness (QED) is 0.450. The first-order valence-corrected chi connectivity index (χ1v) is 4.81. The summed E-state index contributed by atoms with van der Waals surface area (Å²) in [6.07, 6.45) is 15.1. The second-order valence-corrected chi connectivity index (χ2v) is 3.23. The van der Waals surface area contributed by atoms with Gasteiger partial charge in [-0.2, -0.15) is 0 Å². The minimum Gasteiger partial charge on any atom is -0.267 e. The summed E-state index contributed by atoms with van der Waals surface area (Å²) in [6, 6.07) is 0. The topological polar surface area (TPSA) is 12.4 Å². The van der Waals surface area contributed by atoms with Crippen LogP contribution in [0.5, 0.6) is 0 Å². The Bertz CT molecular complexity index is 256. The first kappa shape index (κ1) is 9.97. The highest BCUT2D eigenvalue weighted by atomic mass is 14.7. The van der Waals surface area contributed by atoms with Gasteiger partial charge in [-0.1, -0.05) is 30.4 Å². The summed E-state index contributed by atoms with van der Waals surface area (Å²) < 4.78 is 0. The molecule has 0 radical (unpaired) electrons. The number of allylic oxidation sites excluding steroid dienone is 6. The van der Waals surface area contributed by atoms with Gasteiger partial charge in [0.05, 0.1) is 0 Å². The number of aliphatic imine (C=N–C) groups is 1. The smallest absolute Gasteiger partial charge is 0.0334 e. The Morgan fingerprint density at radius 2 is 2.23 bits per heavy atom. The van der Waals surface area contributed by atoms with E-state index in [0.29, 0.717) is 5.92 Å². The minimum atomic E-state index is 0.530. The molecule has 0 bridgehead atoms. The van der Waals surface area contributed by atoms with Crippen LogP contribution in [-0.2, 0) is 0 Å². The van der Waals surface area contributed by atoms with Crippen LogP contribution in [0.15, 0.2) is 41.1 Å². The van der Waals surface area contributed by atoms with Crippen LogP contribution in [0.2, 0.25) is 0 Å². The van der Waals surface area contributed by atoms with Crippen LogP contribution in [0.3, 0.4) is 0 Å². The van der Waals surface area contributed by atoms with Gasteiger partial charge in [-0.15, -0.1) is 0 Å². The molecule has 0 amide bonds. The summed E-state index contributed by atoms with van der Waals surface area (Å²) in [4.78, 5) is 4.23. The van der Waals surface area contributed by atoms with Gasteiger partial charge in [0.2, 0.25) is 0 Å². The molecule has 13 heavy (non-hydrogen) atoms. The van der Waals surface area contributed by atoms with Crippen LogP contribution in [0.1, 0.15) is 26.7 Å². The van der Waals surface area contributed by atoms with Crippen molar-refractivity contribution in [1.29, 1.82) is 0 Å². The normalized spacial score (nSPS) is 23.8. The van der Waals surface area contributed by atoms with Gasteiger partial charge in [0.25, 0.3) is 0 Å². The van der Waals surface area contributed by atoms with Gasteiger partial charge in [-0.05, 0) is 26.7 Å². The van der Waals surface area contributed by atoms with Crippen LogP contribution in [0, 0.1) is 5.92 Å². The van der Waals surface area contributed by atoms with E-state index in [9.17, 15) is 0 Å². The third-order valence-corrected chi connectivity index (χ3v) is 2.02. The van der Waals surface area contributed by atoms with Crippen molar-refractivity contribution in [3.63, 3.8) is 0 Å². The molecule has 0 N–H and O–H groups in total. The minimum absolute atomic E-state index is 0.530. The molecule has 1 nitrogen and oxygen atoms in total. The SMILES string of the molecule is CC=N/C(C)=C\C1C=CCC=CC1. The van der Waals surface area contributed by atoms with E-state index >= 15 is 0 Å². The van der Waals surface area contributed by atoms with E-state index in [1.165, 1.54) is 0 Å². The zero-order chi connectivity index (χ0) is 9.52. The maximum Gasteiger partial charge on any atom is 0.0334 e. The molecule has 0 saturated carbocycles. The van der Waals surface area contributed by atoms with Crippen molar-refractivity contribution in [2.24, 2.45) is 10.9 Å². The molecule has 1 aliphatic carbocycles. The predicted molar refractivity (Wildman–Crippen MR) is 58.9 cm³/mol. The molecule has 0 aromatic heterocycles. The Kier molecular flexibility index (Phi) is 4.24. The van der Waals surface area contributed by atoms with Crippen molar-refractivity contribution in [3.05, 3.63) is 36.1 Å². The summed E-state index contributed by atoms with van der Waals surface area (Å²) in [5, 5.41) is 0. The fourth-order valence-electron chi connectivity index (χ4n) is 1.44. The fraction of sp³-hybridized carbons (Fsp3) is 0.417. The van der Waals surface area contributed by atoms with Crippen LogP contribution in [0.25, 0.3) is 0 Å². The van der Waals surface area contributed by atoms with Gasteiger partial charge in [0.1, 0.15) is 0 Å². The monoisotopic (exact) mass is 175 g/mol. The maximum absolute atomic E-state index is 4.23. The molecule has 0 aromatic carbocycles. The van der Waals surface area contributed by atoms with Gasteiger partial charge < -0.3 is 0 Å². The van der Waals surface area contributed by atoms with Gasteiger partial charge in [-0.25, -0.2) is 0 Å². The predicted octanol–water partition coefficient (Wildman–Crippen LogP) is 3.50. The van der Waals surface area contributed by atoms with E-state index < -0.39 is 0 Å². The van der Waals surface area contributed by atoms with E-state index in [1.54, 1.807) is 0 Å². The van der Waals surface area contributed by atoms with Crippen molar-refractivity contribution in [3.8, 4) is 0 Å². The van der Waals surface area contributed by atoms with E-state index in [0.717, 1.165) is 18.5 Å². The number of nitrogens with zero attached hydrogens (tertiary/aromatic N) is 1. The van der Waals surface area contributed by atoms with Crippen LogP contribution in [0.4, 0.5) is 0 Å². The lowest BCUT2D eigenvalue weighted by molar-refractivity contribution is 0.825. The summed E-state index contributed by atoms with van der Waals surface area (Å²) in [6.45, 7) is 3.99.